The van der Waals surface area contributed by atoms with E-state index in [2.05, 4.69) is 5.32 Å². The molecule has 1 atom stereocenters. The van der Waals surface area contributed by atoms with Gasteiger partial charge in [-0.15, -0.1) is 0 Å². The van der Waals surface area contributed by atoms with Gasteiger partial charge in [-0.2, -0.15) is 0 Å². The molecule has 0 aliphatic rings. The first-order chi connectivity index (χ1) is 9.92. The molecular formula is C14H17F2NO4. The highest BCUT2D eigenvalue weighted by atomic mass is 19.1. The molecule has 0 heterocycles. The number of nitrogens with one attached hydrogen (secondary N) is 1. The summed E-state index contributed by atoms with van der Waals surface area (Å²) in [4.78, 5) is 22.3. The molecule has 0 saturated heterocycles. The van der Waals surface area contributed by atoms with Crippen molar-refractivity contribution in [1.29, 1.82) is 0 Å². The number of carbonyl (C=O) groups excluding carboxylic acids is 1. The lowest BCUT2D eigenvalue weighted by Gasteiger charge is -2.16. The topological polar surface area (TPSA) is 75.6 Å². The van der Waals surface area contributed by atoms with Crippen molar-refractivity contribution >= 4 is 11.9 Å². The van der Waals surface area contributed by atoms with Crippen LogP contribution in [-0.4, -0.2) is 29.6 Å². The van der Waals surface area contributed by atoms with Crippen molar-refractivity contribution in [3.63, 3.8) is 0 Å². The fourth-order valence-corrected chi connectivity index (χ4v) is 1.79. The Labute approximate surface area is 120 Å². The van der Waals surface area contributed by atoms with Crippen molar-refractivity contribution in [2.45, 2.75) is 32.2 Å². The Hall–Kier alpha value is -2.18. The first kappa shape index (κ1) is 16.9. The molecule has 0 saturated carbocycles. The lowest BCUT2D eigenvalue weighted by atomic mass is 10.1. The normalized spacial score (nSPS) is 11.8. The second-order valence-electron chi connectivity index (χ2n) is 4.51. The highest BCUT2D eigenvalue weighted by Crippen LogP contribution is 2.17. The van der Waals surface area contributed by atoms with Crippen LogP contribution in [0.25, 0.3) is 0 Å². The summed E-state index contributed by atoms with van der Waals surface area (Å²) in [5.41, 5.74) is 0. The Morgan fingerprint density at radius 2 is 2.10 bits per heavy atom. The maximum absolute atomic E-state index is 13.3. The van der Waals surface area contributed by atoms with Gasteiger partial charge in [-0.05, 0) is 18.6 Å². The van der Waals surface area contributed by atoms with Gasteiger partial charge in [-0.3, -0.25) is 9.59 Å². The fraction of sp³-hybridized carbons (Fsp3) is 0.429. The average molecular weight is 301 g/mol. The van der Waals surface area contributed by atoms with Crippen molar-refractivity contribution in [3.05, 3.63) is 29.8 Å². The number of carbonyl (C=O) groups is 2. The van der Waals surface area contributed by atoms with E-state index in [1.54, 1.807) is 0 Å². The molecule has 1 amide bonds. The highest BCUT2D eigenvalue weighted by Gasteiger charge is 2.16. The number of amides is 1. The summed E-state index contributed by atoms with van der Waals surface area (Å²) in [5.74, 6) is -3.46. The minimum atomic E-state index is -1.01. The van der Waals surface area contributed by atoms with Gasteiger partial charge in [0.05, 0.1) is 6.42 Å². The predicted molar refractivity (Wildman–Crippen MR) is 70.9 cm³/mol. The van der Waals surface area contributed by atoms with Gasteiger partial charge in [0.25, 0.3) is 5.91 Å². The van der Waals surface area contributed by atoms with E-state index in [9.17, 15) is 18.4 Å². The Bertz CT molecular complexity index is 508. The Morgan fingerprint density at radius 1 is 1.38 bits per heavy atom. The number of carboxylic acids is 1. The molecule has 2 N–H and O–H groups in total. The number of halogens is 2. The van der Waals surface area contributed by atoms with Crippen LogP contribution >= 0.6 is 0 Å². The van der Waals surface area contributed by atoms with Crippen molar-refractivity contribution in [2.24, 2.45) is 0 Å². The van der Waals surface area contributed by atoms with E-state index in [1.165, 1.54) is 0 Å². The van der Waals surface area contributed by atoms with Gasteiger partial charge in [0.2, 0.25) is 0 Å². The summed E-state index contributed by atoms with van der Waals surface area (Å²) in [5, 5.41) is 11.2. The first-order valence-corrected chi connectivity index (χ1v) is 6.51. The SMILES string of the molecule is CCC[C@@H](CC(=O)O)NC(=O)COc1ccc(F)cc1F. The van der Waals surface area contributed by atoms with Crippen LogP contribution in [0.3, 0.4) is 0 Å². The Morgan fingerprint density at radius 3 is 2.67 bits per heavy atom. The molecule has 1 aromatic carbocycles. The molecule has 0 radical (unpaired) electrons. The minimum Gasteiger partial charge on any atom is -0.481 e. The van der Waals surface area contributed by atoms with Gasteiger partial charge in [0.1, 0.15) is 5.82 Å². The van der Waals surface area contributed by atoms with Crippen LogP contribution in [0.15, 0.2) is 18.2 Å². The predicted octanol–water partition coefficient (Wildman–Crippen LogP) is 2.10. The zero-order valence-corrected chi connectivity index (χ0v) is 11.6. The molecule has 5 nitrogen and oxygen atoms in total. The molecule has 0 aromatic heterocycles. The Kier molecular flexibility index (Phi) is 6.58. The number of hydrogen-bond acceptors (Lipinski definition) is 3. The number of aliphatic carboxylic acids is 1. The van der Waals surface area contributed by atoms with Gasteiger partial charge >= 0.3 is 5.97 Å². The summed E-state index contributed by atoms with van der Waals surface area (Å²) in [6, 6.07) is 2.25. The lowest BCUT2D eigenvalue weighted by Crippen LogP contribution is -2.39. The smallest absolute Gasteiger partial charge is 0.305 e. The van der Waals surface area contributed by atoms with Gasteiger partial charge in [-0.1, -0.05) is 13.3 Å². The maximum atomic E-state index is 13.3. The van der Waals surface area contributed by atoms with Crippen LogP contribution in [0.2, 0.25) is 0 Å². The summed E-state index contributed by atoms with van der Waals surface area (Å²) >= 11 is 0. The largest absolute Gasteiger partial charge is 0.481 e. The van der Waals surface area contributed by atoms with Gasteiger partial charge < -0.3 is 15.2 Å². The van der Waals surface area contributed by atoms with E-state index in [0.717, 1.165) is 12.1 Å². The number of hydrogen-bond donors (Lipinski definition) is 2. The van der Waals surface area contributed by atoms with Crippen LogP contribution in [-0.2, 0) is 9.59 Å². The van der Waals surface area contributed by atoms with E-state index < -0.39 is 36.2 Å². The Balaban J connectivity index is 2.50. The van der Waals surface area contributed by atoms with Crippen molar-refractivity contribution in [2.75, 3.05) is 6.61 Å². The third-order valence-electron chi connectivity index (χ3n) is 2.68. The molecule has 0 spiro atoms. The van der Waals surface area contributed by atoms with Crippen LogP contribution < -0.4 is 10.1 Å². The molecule has 116 valence electrons. The number of benzene rings is 1. The van der Waals surface area contributed by atoms with E-state index in [0.29, 0.717) is 18.9 Å². The van der Waals surface area contributed by atoms with Gasteiger partial charge in [0.15, 0.2) is 18.2 Å². The summed E-state index contributed by atoms with van der Waals surface area (Å²) < 4.78 is 30.9. The third-order valence-corrected chi connectivity index (χ3v) is 2.68. The summed E-state index contributed by atoms with van der Waals surface area (Å²) in [6.07, 6.45) is 1.04. The second-order valence-corrected chi connectivity index (χ2v) is 4.51. The molecule has 1 aromatic rings. The van der Waals surface area contributed by atoms with Crippen LogP contribution in [0.1, 0.15) is 26.2 Å². The van der Waals surface area contributed by atoms with Crippen molar-refractivity contribution in [3.8, 4) is 5.75 Å². The molecule has 0 unspecified atom stereocenters. The van der Waals surface area contributed by atoms with Crippen LogP contribution in [0.5, 0.6) is 5.75 Å². The van der Waals surface area contributed by atoms with Crippen LogP contribution in [0, 0.1) is 11.6 Å². The van der Waals surface area contributed by atoms with Crippen molar-refractivity contribution < 1.29 is 28.2 Å². The zero-order chi connectivity index (χ0) is 15.8. The quantitative estimate of drug-likeness (QED) is 0.771. The monoisotopic (exact) mass is 301 g/mol. The lowest BCUT2D eigenvalue weighted by molar-refractivity contribution is -0.137. The van der Waals surface area contributed by atoms with Gasteiger partial charge in [-0.25, -0.2) is 8.78 Å². The maximum Gasteiger partial charge on any atom is 0.305 e. The average Bonchev–Trinajstić information content (AvgIpc) is 2.37. The van der Waals surface area contributed by atoms with Gasteiger partial charge in [0, 0.05) is 12.1 Å². The zero-order valence-electron chi connectivity index (χ0n) is 11.6. The summed E-state index contributed by atoms with van der Waals surface area (Å²) in [7, 11) is 0. The molecule has 0 fully saturated rings. The molecule has 7 heteroatoms. The van der Waals surface area contributed by atoms with Crippen LogP contribution in [0.4, 0.5) is 8.78 Å². The molecular weight excluding hydrogens is 284 g/mol. The first-order valence-electron chi connectivity index (χ1n) is 6.51. The number of ether oxygens (including phenoxy) is 1. The third kappa shape index (κ3) is 6.20. The molecule has 21 heavy (non-hydrogen) atoms. The standard InChI is InChI=1S/C14H17F2NO4/c1-2-3-10(7-14(19)20)17-13(18)8-21-12-5-4-9(15)6-11(12)16/h4-6,10H,2-3,7-8H2,1H3,(H,17,18)(H,19,20)/t10-/m0/s1. The van der Waals surface area contributed by atoms with E-state index in [-0.39, 0.29) is 12.2 Å². The van der Waals surface area contributed by atoms with E-state index >= 15 is 0 Å². The highest BCUT2D eigenvalue weighted by molar-refractivity contribution is 5.78. The molecule has 1 rings (SSSR count). The van der Waals surface area contributed by atoms with E-state index in [4.69, 9.17) is 9.84 Å². The number of carboxylic acid groups (broad SMARTS) is 1. The van der Waals surface area contributed by atoms with Crippen molar-refractivity contribution in [1.82, 2.24) is 5.32 Å². The molecule has 0 aliphatic carbocycles. The second kappa shape index (κ2) is 8.18. The fourth-order valence-electron chi connectivity index (χ4n) is 1.79. The molecule has 0 bridgehead atoms. The van der Waals surface area contributed by atoms with E-state index in [1.807, 2.05) is 6.92 Å². The minimum absolute atomic E-state index is 0.190. The molecule has 0 aliphatic heterocycles. The number of rotatable bonds is 8. The summed E-state index contributed by atoms with van der Waals surface area (Å²) in [6.45, 7) is 1.40.